The second kappa shape index (κ2) is 6.97. The highest BCUT2D eigenvalue weighted by molar-refractivity contribution is 5.76. The third-order valence-corrected chi connectivity index (χ3v) is 3.55. The molecule has 0 fully saturated rings. The summed E-state index contributed by atoms with van der Waals surface area (Å²) in [4.78, 5) is 15.2. The number of aromatic nitrogens is 1. The Labute approximate surface area is 125 Å². The number of benzene rings is 1. The monoisotopic (exact) mass is 286 g/mol. The van der Waals surface area contributed by atoms with E-state index in [9.17, 15) is 4.79 Å². The molecule has 4 nitrogen and oxygen atoms in total. The van der Waals surface area contributed by atoms with E-state index in [-0.39, 0.29) is 5.91 Å². The Morgan fingerprint density at radius 1 is 1.24 bits per heavy atom. The Bertz CT molecular complexity index is 617. The van der Waals surface area contributed by atoms with E-state index in [4.69, 9.17) is 4.74 Å². The number of methoxy groups -OCH3 is 1. The first-order chi connectivity index (χ1) is 10.1. The van der Waals surface area contributed by atoms with Crippen LogP contribution in [0.4, 0.5) is 0 Å². The topological polar surface area (TPSA) is 54.1 Å². The van der Waals surface area contributed by atoms with Crippen molar-refractivity contribution in [3.63, 3.8) is 0 Å². The van der Waals surface area contributed by atoms with Gasteiger partial charge in [-0.3, -0.25) is 4.79 Å². The summed E-state index contributed by atoms with van der Waals surface area (Å²) in [6.45, 7) is 4.60. The van der Waals surface area contributed by atoms with Crippen molar-refractivity contribution in [1.29, 1.82) is 0 Å². The third-order valence-electron chi connectivity index (χ3n) is 3.55. The van der Waals surface area contributed by atoms with E-state index < -0.39 is 0 Å². The molecule has 0 aliphatic heterocycles. The molecule has 0 atom stereocenters. The van der Waals surface area contributed by atoms with Crippen LogP contribution >= 0.6 is 0 Å². The highest BCUT2D eigenvalue weighted by Gasteiger charge is 2.07. The maximum atomic E-state index is 11.9. The predicted octanol–water partition coefficient (Wildman–Crippen LogP) is 2.89. The Morgan fingerprint density at radius 3 is 2.67 bits per heavy atom. The lowest BCUT2D eigenvalue weighted by molar-refractivity contribution is -0.121. The Kier molecular flexibility index (Phi) is 5.04. The van der Waals surface area contributed by atoms with Gasteiger partial charge in [-0.15, -0.1) is 0 Å². The van der Waals surface area contributed by atoms with E-state index in [0.717, 1.165) is 28.3 Å². The van der Waals surface area contributed by atoms with Crippen LogP contribution in [0.2, 0.25) is 0 Å². The van der Waals surface area contributed by atoms with E-state index in [2.05, 4.69) is 16.4 Å². The van der Waals surface area contributed by atoms with Crippen molar-refractivity contribution in [2.24, 2.45) is 0 Å². The maximum Gasteiger partial charge on any atom is 0.220 e. The van der Waals surface area contributed by atoms with Crippen molar-refractivity contribution in [2.45, 2.75) is 33.2 Å². The molecule has 1 aromatic carbocycles. The fourth-order valence-corrected chi connectivity index (χ4v) is 2.41. The van der Waals surface area contributed by atoms with Gasteiger partial charge in [0, 0.05) is 24.4 Å². The number of para-hydroxylation sites is 1. The van der Waals surface area contributed by atoms with Gasteiger partial charge in [-0.05, 0) is 43.5 Å². The van der Waals surface area contributed by atoms with Crippen molar-refractivity contribution in [2.75, 3.05) is 7.11 Å². The molecule has 0 spiro atoms. The fraction of sp³-hybridized carbons (Fsp3) is 0.353. The van der Waals surface area contributed by atoms with Gasteiger partial charge in [-0.1, -0.05) is 18.2 Å². The number of aromatic amines is 1. The van der Waals surface area contributed by atoms with Crippen LogP contribution in [0.15, 0.2) is 30.3 Å². The van der Waals surface area contributed by atoms with Gasteiger partial charge in [-0.25, -0.2) is 0 Å². The third kappa shape index (κ3) is 4.12. The molecule has 4 heteroatoms. The molecule has 0 radical (unpaired) electrons. The molecule has 1 heterocycles. The second-order valence-electron chi connectivity index (χ2n) is 5.19. The molecule has 0 saturated carbocycles. The molecular weight excluding hydrogens is 264 g/mol. The lowest BCUT2D eigenvalue weighted by Crippen LogP contribution is -2.23. The van der Waals surface area contributed by atoms with Crippen LogP contribution in [0, 0.1) is 13.8 Å². The zero-order chi connectivity index (χ0) is 15.2. The van der Waals surface area contributed by atoms with Gasteiger partial charge in [-0.2, -0.15) is 0 Å². The van der Waals surface area contributed by atoms with Crippen LogP contribution in [0.3, 0.4) is 0 Å². The van der Waals surface area contributed by atoms with Crippen LogP contribution in [-0.4, -0.2) is 18.0 Å². The molecule has 2 aromatic rings. The molecule has 112 valence electrons. The zero-order valence-corrected chi connectivity index (χ0v) is 12.8. The number of rotatable bonds is 6. The number of nitrogens with one attached hydrogen (secondary N) is 2. The molecule has 0 aliphatic rings. The van der Waals surface area contributed by atoms with Gasteiger partial charge < -0.3 is 15.0 Å². The number of H-pyrrole nitrogens is 1. The van der Waals surface area contributed by atoms with E-state index >= 15 is 0 Å². The van der Waals surface area contributed by atoms with Gasteiger partial charge in [0.2, 0.25) is 5.91 Å². The van der Waals surface area contributed by atoms with E-state index in [1.807, 2.05) is 38.1 Å². The Balaban J connectivity index is 1.84. The lowest BCUT2D eigenvalue weighted by atomic mass is 10.1. The fourth-order valence-electron chi connectivity index (χ4n) is 2.41. The maximum absolute atomic E-state index is 11.9. The summed E-state index contributed by atoms with van der Waals surface area (Å²) in [7, 11) is 1.65. The van der Waals surface area contributed by atoms with Crippen LogP contribution in [0.1, 0.15) is 28.9 Å². The van der Waals surface area contributed by atoms with Crippen molar-refractivity contribution in [3.05, 3.63) is 52.8 Å². The number of aryl methyl sites for hydroxylation is 3. The highest BCUT2D eigenvalue weighted by atomic mass is 16.5. The number of carbonyl (C=O) groups excluding carboxylic acids is 1. The zero-order valence-electron chi connectivity index (χ0n) is 12.8. The van der Waals surface area contributed by atoms with Gasteiger partial charge in [0.15, 0.2) is 0 Å². The van der Waals surface area contributed by atoms with Gasteiger partial charge in [0.25, 0.3) is 0 Å². The van der Waals surface area contributed by atoms with Crippen LogP contribution < -0.4 is 10.1 Å². The summed E-state index contributed by atoms with van der Waals surface area (Å²) < 4.78 is 5.29. The second-order valence-corrected chi connectivity index (χ2v) is 5.19. The van der Waals surface area contributed by atoms with Gasteiger partial charge in [0.1, 0.15) is 5.75 Å². The minimum atomic E-state index is 0.0548. The quantitative estimate of drug-likeness (QED) is 0.858. The number of ether oxygens (including phenoxy) is 1. The van der Waals surface area contributed by atoms with E-state index in [1.165, 1.54) is 0 Å². The van der Waals surface area contributed by atoms with E-state index in [1.54, 1.807) is 7.11 Å². The Morgan fingerprint density at radius 2 is 2.00 bits per heavy atom. The van der Waals surface area contributed by atoms with Crippen LogP contribution in [0.5, 0.6) is 5.75 Å². The largest absolute Gasteiger partial charge is 0.496 e. The van der Waals surface area contributed by atoms with Gasteiger partial charge in [0.05, 0.1) is 7.11 Å². The molecule has 21 heavy (non-hydrogen) atoms. The molecular formula is C17H22N2O2. The first kappa shape index (κ1) is 15.2. The number of hydrogen-bond acceptors (Lipinski definition) is 2. The first-order valence-electron chi connectivity index (χ1n) is 7.14. The van der Waals surface area contributed by atoms with Crippen molar-refractivity contribution < 1.29 is 9.53 Å². The molecule has 2 rings (SSSR count). The number of carbonyl (C=O) groups is 1. The highest BCUT2D eigenvalue weighted by Crippen LogP contribution is 2.18. The summed E-state index contributed by atoms with van der Waals surface area (Å²) in [5, 5.41) is 2.96. The van der Waals surface area contributed by atoms with E-state index in [0.29, 0.717) is 19.4 Å². The molecule has 1 amide bonds. The summed E-state index contributed by atoms with van der Waals surface area (Å²) in [6, 6.07) is 9.86. The minimum absolute atomic E-state index is 0.0548. The number of amides is 1. The molecule has 0 unspecified atom stereocenters. The normalized spacial score (nSPS) is 10.4. The average Bonchev–Trinajstić information content (AvgIpc) is 2.81. The molecule has 0 saturated heterocycles. The molecule has 0 bridgehead atoms. The van der Waals surface area contributed by atoms with Crippen molar-refractivity contribution >= 4 is 5.91 Å². The molecule has 1 aromatic heterocycles. The standard InChI is InChI=1S/C17H22N2O2/c1-12-10-15(13(2)19-12)11-18-17(20)9-8-14-6-4-5-7-16(14)21-3/h4-7,10,19H,8-9,11H2,1-3H3,(H,18,20). The SMILES string of the molecule is COc1ccccc1CCC(=O)NCc1cc(C)[nH]c1C. The predicted molar refractivity (Wildman–Crippen MR) is 83.4 cm³/mol. The summed E-state index contributed by atoms with van der Waals surface area (Å²) in [5.41, 5.74) is 4.42. The number of hydrogen-bond donors (Lipinski definition) is 2. The first-order valence-corrected chi connectivity index (χ1v) is 7.14. The van der Waals surface area contributed by atoms with Crippen LogP contribution in [0.25, 0.3) is 0 Å². The van der Waals surface area contributed by atoms with Crippen LogP contribution in [-0.2, 0) is 17.8 Å². The summed E-state index contributed by atoms with van der Waals surface area (Å²) >= 11 is 0. The smallest absolute Gasteiger partial charge is 0.220 e. The van der Waals surface area contributed by atoms with Gasteiger partial charge >= 0.3 is 0 Å². The molecule has 2 N–H and O–H groups in total. The summed E-state index contributed by atoms with van der Waals surface area (Å²) in [5.74, 6) is 0.890. The van der Waals surface area contributed by atoms with Crippen molar-refractivity contribution in [1.82, 2.24) is 10.3 Å². The molecule has 0 aliphatic carbocycles. The average molecular weight is 286 g/mol. The van der Waals surface area contributed by atoms with Crippen molar-refractivity contribution in [3.8, 4) is 5.75 Å². The summed E-state index contributed by atoms with van der Waals surface area (Å²) in [6.07, 6.45) is 1.14. The minimum Gasteiger partial charge on any atom is -0.496 e. The Hall–Kier alpha value is -2.23. The lowest BCUT2D eigenvalue weighted by Gasteiger charge is -2.08.